The van der Waals surface area contributed by atoms with E-state index in [2.05, 4.69) is 121 Å². The largest absolute Gasteiger partial charge is 0.429 e. The van der Waals surface area contributed by atoms with Gasteiger partial charge >= 0.3 is 0 Å². The van der Waals surface area contributed by atoms with Crippen molar-refractivity contribution in [3.05, 3.63) is 162 Å². The minimum atomic E-state index is -0.508. The summed E-state index contributed by atoms with van der Waals surface area (Å²) in [5.41, 5.74) is 7.07. The second kappa shape index (κ2) is 8.65. The molecule has 2 heteroatoms. The van der Waals surface area contributed by atoms with Crippen molar-refractivity contribution in [1.29, 1.82) is 0 Å². The molecule has 0 heterocycles. The number of hydrogen-bond acceptors (Lipinski definition) is 2. The third-order valence-electron chi connectivity index (χ3n) is 8.52. The van der Waals surface area contributed by atoms with Gasteiger partial charge in [0.2, 0.25) is 0 Å². The number of rotatable bonds is 4. The highest BCUT2D eigenvalue weighted by molar-refractivity contribution is 5.97. The second-order valence-corrected chi connectivity index (χ2v) is 10.5. The summed E-state index contributed by atoms with van der Waals surface area (Å²) in [6.07, 6.45) is 0. The van der Waals surface area contributed by atoms with E-state index < -0.39 is 5.41 Å². The summed E-state index contributed by atoms with van der Waals surface area (Å²) in [6, 6.07) is 50.2. The van der Waals surface area contributed by atoms with Crippen molar-refractivity contribution in [2.45, 2.75) is 5.41 Å². The van der Waals surface area contributed by atoms with Gasteiger partial charge in [0, 0.05) is 0 Å². The molecule has 188 valence electrons. The topological polar surface area (TPSA) is 26.3 Å². The van der Waals surface area contributed by atoms with Crippen LogP contribution in [0.15, 0.2) is 140 Å². The van der Waals surface area contributed by atoms with Gasteiger partial charge in [-0.25, -0.2) is 0 Å². The number of hydrogen-bond donors (Lipinski definition) is 0. The van der Waals surface area contributed by atoms with Crippen LogP contribution in [0.25, 0.3) is 43.4 Å². The fourth-order valence-electron chi connectivity index (χ4n) is 6.76. The predicted molar refractivity (Wildman–Crippen MR) is 163 cm³/mol. The average Bonchev–Trinajstić information content (AvgIpc) is 3.29. The van der Waals surface area contributed by atoms with Crippen LogP contribution in [0.3, 0.4) is 0 Å². The Morgan fingerprint density at radius 3 is 1.75 bits per heavy atom. The Bertz CT molecular complexity index is 2120. The normalized spacial score (nSPS) is 15.7. The molecule has 1 unspecified atom stereocenters. The van der Waals surface area contributed by atoms with Crippen molar-refractivity contribution in [1.82, 2.24) is 0 Å². The molecule has 0 saturated carbocycles. The van der Waals surface area contributed by atoms with Crippen molar-refractivity contribution in [2.75, 3.05) is 0 Å². The molecule has 1 aliphatic carbocycles. The van der Waals surface area contributed by atoms with E-state index in [1.165, 1.54) is 54.9 Å². The van der Waals surface area contributed by atoms with Gasteiger partial charge in [0.1, 0.15) is 5.75 Å². The lowest BCUT2D eigenvalue weighted by Gasteiger charge is -2.34. The van der Waals surface area contributed by atoms with Crippen molar-refractivity contribution in [2.24, 2.45) is 0 Å². The SMILES string of the molecule is O=COc1ccc2cc(C3(c4ccc5ccccc5c4)c4ccccc4-c4cc5ccccc5cc43)ccc2c1. The number of benzene rings is 7. The lowest BCUT2D eigenvalue weighted by atomic mass is 9.67. The molecule has 7 aromatic rings. The van der Waals surface area contributed by atoms with Crippen LogP contribution in [0, 0.1) is 0 Å². The minimum absolute atomic E-state index is 0.473. The third kappa shape index (κ3) is 3.20. The summed E-state index contributed by atoms with van der Waals surface area (Å²) in [4.78, 5) is 10.9. The van der Waals surface area contributed by atoms with E-state index in [0.717, 1.165) is 10.8 Å². The lowest BCUT2D eigenvalue weighted by molar-refractivity contribution is -0.120. The fourth-order valence-corrected chi connectivity index (χ4v) is 6.76. The zero-order chi connectivity index (χ0) is 26.7. The van der Waals surface area contributed by atoms with Gasteiger partial charge in [-0.05, 0) is 102 Å². The number of carbonyl (C=O) groups is 1. The molecule has 0 radical (unpaired) electrons. The minimum Gasteiger partial charge on any atom is -0.429 e. The van der Waals surface area contributed by atoms with Gasteiger partial charge in [-0.1, -0.05) is 103 Å². The van der Waals surface area contributed by atoms with E-state index in [1.54, 1.807) is 0 Å². The van der Waals surface area contributed by atoms with E-state index >= 15 is 0 Å². The Morgan fingerprint density at radius 1 is 0.450 bits per heavy atom. The molecule has 0 spiro atoms. The zero-order valence-electron chi connectivity index (χ0n) is 21.7. The van der Waals surface area contributed by atoms with Gasteiger partial charge < -0.3 is 4.74 Å². The van der Waals surface area contributed by atoms with E-state index in [9.17, 15) is 4.79 Å². The van der Waals surface area contributed by atoms with Gasteiger partial charge in [-0.3, -0.25) is 4.79 Å². The molecule has 7 aromatic carbocycles. The summed E-state index contributed by atoms with van der Waals surface area (Å²) in [5, 5.41) is 7.06. The van der Waals surface area contributed by atoms with E-state index in [1.807, 2.05) is 18.2 Å². The molecule has 0 N–H and O–H groups in total. The summed E-state index contributed by atoms with van der Waals surface area (Å²) in [7, 11) is 0. The first-order chi connectivity index (χ1) is 19.8. The van der Waals surface area contributed by atoms with Crippen molar-refractivity contribution in [3.63, 3.8) is 0 Å². The molecule has 8 rings (SSSR count). The van der Waals surface area contributed by atoms with E-state index in [0.29, 0.717) is 12.2 Å². The highest BCUT2D eigenvalue weighted by atomic mass is 16.5. The van der Waals surface area contributed by atoms with Crippen LogP contribution in [-0.4, -0.2) is 6.47 Å². The van der Waals surface area contributed by atoms with Crippen molar-refractivity contribution >= 4 is 38.8 Å². The maximum Gasteiger partial charge on any atom is 0.298 e. The monoisotopic (exact) mass is 512 g/mol. The molecule has 0 bridgehead atoms. The number of fused-ring (bicyclic) bond motifs is 6. The Balaban J connectivity index is 1.51. The van der Waals surface area contributed by atoms with Crippen LogP contribution in [0.5, 0.6) is 5.75 Å². The van der Waals surface area contributed by atoms with Gasteiger partial charge in [0.15, 0.2) is 0 Å². The summed E-state index contributed by atoms with van der Waals surface area (Å²) in [6.45, 7) is 0.473. The third-order valence-corrected chi connectivity index (χ3v) is 8.52. The zero-order valence-corrected chi connectivity index (χ0v) is 21.7. The van der Waals surface area contributed by atoms with Crippen LogP contribution in [0.2, 0.25) is 0 Å². The standard InChI is InChI=1S/C38H24O2/c39-24-40-33-18-15-29-20-32(17-14-30(29)21-33)38(31-16-13-25-7-1-2-8-26(25)19-31)36-12-6-5-11-34(36)35-22-27-9-3-4-10-28(27)23-37(35)38/h1-24H. The van der Waals surface area contributed by atoms with Crippen LogP contribution in [0.1, 0.15) is 22.3 Å². The highest BCUT2D eigenvalue weighted by Crippen LogP contribution is 2.57. The number of ether oxygens (including phenoxy) is 1. The molecule has 0 aromatic heterocycles. The Labute approximate surface area is 232 Å². The molecule has 1 atom stereocenters. The van der Waals surface area contributed by atoms with Crippen LogP contribution in [0.4, 0.5) is 0 Å². The van der Waals surface area contributed by atoms with Crippen molar-refractivity contribution in [3.8, 4) is 16.9 Å². The number of carbonyl (C=O) groups excluding carboxylic acids is 1. The van der Waals surface area contributed by atoms with Gasteiger partial charge in [-0.15, -0.1) is 0 Å². The molecule has 0 aliphatic heterocycles. The molecule has 0 saturated heterocycles. The molecular weight excluding hydrogens is 488 g/mol. The highest BCUT2D eigenvalue weighted by Gasteiger charge is 2.46. The van der Waals surface area contributed by atoms with E-state index in [4.69, 9.17) is 4.74 Å². The molecule has 40 heavy (non-hydrogen) atoms. The van der Waals surface area contributed by atoms with E-state index in [-0.39, 0.29) is 0 Å². The Hall–Kier alpha value is -5.21. The van der Waals surface area contributed by atoms with Gasteiger partial charge in [0.05, 0.1) is 5.41 Å². The lowest BCUT2D eigenvalue weighted by Crippen LogP contribution is -2.28. The molecular formula is C38H24O2. The molecule has 2 nitrogen and oxygen atoms in total. The Morgan fingerprint density at radius 2 is 1.00 bits per heavy atom. The van der Waals surface area contributed by atoms with Gasteiger partial charge in [0.25, 0.3) is 6.47 Å². The first kappa shape index (κ1) is 22.7. The van der Waals surface area contributed by atoms with Crippen LogP contribution < -0.4 is 4.74 Å². The van der Waals surface area contributed by atoms with Crippen LogP contribution in [-0.2, 0) is 10.2 Å². The van der Waals surface area contributed by atoms with Crippen LogP contribution >= 0.6 is 0 Å². The summed E-state index contributed by atoms with van der Waals surface area (Å²) < 4.78 is 5.13. The first-order valence-corrected chi connectivity index (χ1v) is 13.5. The maximum absolute atomic E-state index is 10.9. The molecule has 0 amide bonds. The maximum atomic E-state index is 10.9. The second-order valence-electron chi connectivity index (χ2n) is 10.5. The summed E-state index contributed by atoms with van der Waals surface area (Å²) >= 11 is 0. The average molecular weight is 513 g/mol. The predicted octanol–water partition coefficient (Wildman–Crippen LogP) is 9.04. The van der Waals surface area contributed by atoms with Crippen molar-refractivity contribution < 1.29 is 9.53 Å². The smallest absolute Gasteiger partial charge is 0.298 e. The first-order valence-electron chi connectivity index (χ1n) is 13.5. The quantitative estimate of drug-likeness (QED) is 0.220. The molecule has 1 aliphatic rings. The Kier molecular flexibility index (Phi) is 4.92. The molecule has 0 fully saturated rings. The fraction of sp³-hybridized carbons (Fsp3) is 0.0263. The van der Waals surface area contributed by atoms with Gasteiger partial charge in [-0.2, -0.15) is 0 Å². The summed E-state index contributed by atoms with van der Waals surface area (Å²) in [5.74, 6) is 0.544.